The highest BCUT2D eigenvalue weighted by molar-refractivity contribution is 14.1. The molecule has 6 atom stereocenters. The van der Waals surface area contributed by atoms with Gasteiger partial charge in [0, 0.05) is 5.92 Å². The van der Waals surface area contributed by atoms with Crippen molar-refractivity contribution in [2.24, 2.45) is 23.7 Å². The summed E-state index contributed by atoms with van der Waals surface area (Å²) in [7, 11) is 0. The fraction of sp³-hybridized carbons (Fsp3) is 0.750. The van der Waals surface area contributed by atoms with E-state index in [1.807, 2.05) is 0 Å². The minimum Gasteiger partial charge on any atom is -0.544 e. The van der Waals surface area contributed by atoms with E-state index in [1.165, 1.54) is 0 Å². The molecule has 6 nitrogen and oxygen atoms in total. The number of aliphatic carboxylic acids is 1. The van der Waals surface area contributed by atoms with E-state index in [-0.39, 0.29) is 21.9 Å². The fourth-order valence-corrected chi connectivity index (χ4v) is 5.03. The average Bonchev–Trinajstić information content (AvgIpc) is 3.00. The van der Waals surface area contributed by atoms with Gasteiger partial charge in [0.25, 0.3) is 0 Å². The molecule has 0 amide bonds. The topological polar surface area (TPSA) is 92.7 Å². The number of carbonyl (C=O) groups is 3. The number of carboxylic acid groups (broad SMARTS) is 1. The van der Waals surface area contributed by atoms with E-state index < -0.39 is 42.3 Å². The third kappa shape index (κ3) is 2.11. The molecule has 1 heterocycles. The number of rotatable bonds is 4. The van der Waals surface area contributed by atoms with Crippen LogP contribution in [0.2, 0.25) is 0 Å². The zero-order valence-electron chi connectivity index (χ0n) is 10.5. The smallest absolute Gasteiger partial charge is 0.320 e. The second kappa shape index (κ2) is 4.75. The number of hydrogen-bond donors (Lipinski definition) is 0. The Hall–Kier alpha value is -1.00. The van der Waals surface area contributed by atoms with Crippen molar-refractivity contribution in [2.45, 2.75) is 22.4 Å². The van der Waals surface area contributed by atoms with Gasteiger partial charge in [0.15, 0.2) is 6.61 Å². The number of hydrogen-bond acceptors (Lipinski definition) is 6. The predicted molar refractivity (Wildman–Crippen MR) is 67.2 cm³/mol. The normalized spacial score (nSPS) is 40.2. The Bertz CT molecular complexity index is 524. The van der Waals surface area contributed by atoms with Gasteiger partial charge in [-0.3, -0.25) is 9.59 Å². The molecular formula is C12H10F2IO6-. The van der Waals surface area contributed by atoms with Crippen LogP contribution in [0.4, 0.5) is 8.78 Å². The highest BCUT2D eigenvalue weighted by Gasteiger charge is 2.68. The molecular weight excluding hydrogens is 405 g/mol. The summed E-state index contributed by atoms with van der Waals surface area (Å²) in [5.41, 5.74) is 0. The molecule has 2 aliphatic carbocycles. The van der Waals surface area contributed by atoms with E-state index in [0.717, 1.165) is 0 Å². The van der Waals surface area contributed by atoms with E-state index in [4.69, 9.17) is 4.74 Å². The standard InChI is InChI=1S/C12H11F2IO6/c13-12(14,11(18)19)2-20-9(16)5-3-1-4-6(5)10(17)21-8(4)7(3)15/h3-8H,1-2H2,(H,18,19)/p-1. The quantitative estimate of drug-likeness (QED) is 0.350. The second-order valence-corrected chi connectivity index (χ2v) is 7.00. The van der Waals surface area contributed by atoms with Gasteiger partial charge in [-0.15, -0.1) is 0 Å². The van der Waals surface area contributed by atoms with Gasteiger partial charge in [-0.2, -0.15) is 8.78 Å². The molecule has 6 unspecified atom stereocenters. The first kappa shape index (κ1) is 14.9. The van der Waals surface area contributed by atoms with Crippen molar-refractivity contribution in [2.75, 3.05) is 6.61 Å². The van der Waals surface area contributed by atoms with Crippen LogP contribution in [-0.4, -0.2) is 40.5 Å². The van der Waals surface area contributed by atoms with Crippen LogP contribution < -0.4 is 5.11 Å². The first-order chi connectivity index (χ1) is 9.74. The summed E-state index contributed by atoms with van der Waals surface area (Å²) >= 11 is 2.09. The molecule has 2 bridgehead atoms. The first-order valence-electron chi connectivity index (χ1n) is 6.34. The van der Waals surface area contributed by atoms with E-state index in [0.29, 0.717) is 6.42 Å². The monoisotopic (exact) mass is 415 g/mol. The SMILES string of the molecule is O=C(OCC(F)(F)C(=O)[O-])C1C2CC3C(OC(=O)C31)C2I. The maximum absolute atomic E-state index is 12.9. The van der Waals surface area contributed by atoms with Crippen molar-refractivity contribution in [3.63, 3.8) is 0 Å². The minimum absolute atomic E-state index is 0.0606. The maximum Gasteiger partial charge on any atom is 0.320 e. The molecule has 3 aliphatic rings. The molecule has 1 saturated heterocycles. The molecule has 0 radical (unpaired) electrons. The van der Waals surface area contributed by atoms with Crippen LogP contribution in [0.1, 0.15) is 6.42 Å². The van der Waals surface area contributed by atoms with Crippen molar-refractivity contribution >= 4 is 40.5 Å². The Kier molecular flexibility index (Phi) is 3.37. The van der Waals surface area contributed by atoms with E-state index in [2.05, 4.69) is 27.3 Å². The molecule has 0 aromatic rings. The molecule has 0 spiro atoms. The summed E-state index contributed by atoms with van der Waals surface area (Å²) in [6.45, 7) is -1.58. The molecule has 3 fully saturated rings. The zero-order valence-corrected chi connectivity index (χ0v) is 12.6. The molecule has 0 aromatic carbocycles. The van der Waals surface area contributed by atoms with E-state index in [9.17, 15) is 28.3 Å². The number of halogens is 3. The third-order valence-electron chi connectivity index (χ3n) is 4.49. The summed E-state index contributed by atoms with van der Waals surface area (Å²) < 4.78 is 35.4. The predicted octanol–water partition coefficient (Wildman–Crippen LogP) is -0.474. The van der Waals surface area contributed by atoms with Gasteiger partial charge >= 0.3 is 17.9 Å². The molecule has 0 N–H and O–H groups in total. The largest absolute Gasteiger partial charge is 0.544 e. The van der Waals surface area contributed by atoms with Crippen LogP contribution in [-0.2, 0) is 23.9 Å². The lowest BCUT2D eigenvalue weighted by atomic mass is 9.80. The number of alkyl halides is 3. The van der Waals surface area contributed by atoms with Crippen LogP contribution >= 0.6 is 22.6 Å². The van der Waals surface area contributed by atoms with Crippen molar-refractivity contribution in [3.8, 4) is 0 Å². The average molecular weight is 415 g/mol. The molecule has 2 saturated carbocycles. The van der Waals surface area contributed by atoms with Crippen LogP contribution in [0.15, 0.2) is 0 Å². The van der Waals surface area contributed by atoms with Crippen molar-refractivity contribution < 1.29 is 37.7 Å². The lowest BCUT2D eigenvalue weighted by Gasteiger charge is -2.27. The molecule has 0 aromatic heterocycles. The maximum atomic E-state index is 12.9. The summed E-state index contributed by atoms with van der Waals surface area (Å²) in [4.78, 5) is 34.0. The highest BCUT2D eigenvalue weighted by atomic mass is 127. The Labute approximate surface area is 131 Å². The Balaban J connectivity index is 1.71. The second-order valence-electron chi connectivity index (χ2n) is 5.56. The Morgan fingerprint density at radius 3 is 2.71 bits per heavy atom. The Morgan fingerprint density at radius 2 is 2.10 bits per heavy atom. The molecule has 1 aliphatic heterocycles. The molecule has 9 heteroatoms. The Morgan fingerprint density at radius 1 is 1.43 bits per heavy atom. The van der Waals surface area contributed by atoms with Crippen LogP contribution in [0.25, 0.3) is 0 Å². The first-order valence-corrected chi connectivity index (χ1v) is 7.59. The minimum atomic E-state index is -4.24. The van der Waals surface area contributed by atoms with Gasteiger partial charge in [0.05, 0.1) is 15.8 Å². The van der Waals surface area contributed by atoms with Gasteiger partial charge in [0.1, 0.15) is 12.1 Å². The van der Waals surface area contributed by atoms with Gasteiger partial charge in [0.2, 0.25) is 0 Å². The van der Waals surface area contributed by atoms with E-state index in [1.54, 1.807) is 0 Å². The lowest BCUT2D eigenvalue weighted by molar-refractivity contribution is -0.331. The van der Waals surface area contributed by atoms with Gasteiger partial charge in [-0.05, 0) is 12.3 Å². The van der Waals surface area contributed by atoms with Crippen LogP contribution in [0, 0.1) is 23.7 Å². The van der Waals surface area contributed by atoms with Crippen molar-refractivity contribution in [3.05, 3.63) is 0 Å². The summed E-state index contributed by atoms with van der Waals surface area (Å²) in [5, 5.41) is 10.2. The number of carbonyl (C=O) groups excluding carboxylic acids is 3. The van der Waals surface area contributed by atoms with Gasteiger partial charge in [-0.25, -0.2) is 0 Å². The third-order valence-corrected chi connectivity index (χ3v) is 6.12. The molecule has 21 heavy (non-hydrogen) atoms. The van der Waals surface area contributed by atoms with E-state index >= 15 is 0 Å². The number of fused-ring (bicyclic) bond motifs is 1. The molecule has 3 rings (SSSR count). The summed E-state index contributed by atoms with van der Waals surface area (Å²) in [5.74, 6) is -10.0. The summed E-state index contributed by atoms with van der Waals surface area (Å²) in [6, 6.07) is 0. The highest BCUT2D eigenvalue weighted by Crippen LogP contribution is 2.60. The number of ether oxygens (including phenoxy) is 2. The number of esters is 2. The fourth-order valence-electron chi connectivity index (χ4n) is 3.61. The number of carboxylic acids is 1. The van der Waals surface area contributed by atoms with Crippen LogP contribution in [0.3, 0.4) is 0 Å². The van der Waals surface area contributed by atoms with Gasteiger partial charge in [-0.1, -0.05) is 22.6 Å². The van der Waals surface area contributed by atoms with Crippen molar-refractivity contribution in [1.82, 2.24) is 0 Å². The van der Waals surface area contributed by atoms with Crippen molar-refractivity contribution in [1.29, 1.82) is 0 Å². The lowest BCUT2D eigenvalue weighted by Crippen LogP contribution is -2.46. The molecule has 116 valence electrons. The summed E-state index contributed by atoms with van der Waals surface area (Å²) in [6.07, 6.45) is 0.396. The van der Waals surface area contributed by atoms with Crippen LogP contribution in [0.5, 0.6) is 0 Å². The van der Waals surface area contributed by atoms with Gasteiger partial charge < -0.3 is 19.4 Å². The zero-order chi connectivity index (χ0) is 15.5.